The number of likely N-dealkylation sites (N-methyl/N-ethyl adjacent to an activating group) is 1. The minimum atomic E-state index is -0.275. The highest BCUT2D eigenvalue weighted by Crippen LogP contribution is 2.31. The van der Waals surface area contributed by atoms with Crippen molar-refractivity contribution in [3.8, 4) is 17.2 Å². The quantitative estimate of drug-likeness (QED) is 0.597. The zero-order valence-corrected chi connectivity index (χ0v) is 16.3. The Morgan fingerprint density at radius 1 is 1.18 bits per heavy atom. The number of thiazole rings is 1. The largest absolute Gasteiger partial charge is 0.486 e. The van der Waals surface area contributed by atoms with E-state index in [0.717, 1.165) is 28.7 Å². The van der Waals surface area contributed by atoms with Gasteiger partial charge in [-0.05, 0) is 43.4 Å². The minimum Gasteiger partial charge on any atom is -0.486 e. The highest BCUT2D eigenvalue weighted by Gasteiger charge is 2.22. The van der Waals surface area contributed by atoms with Crippen LogP contribution in [0.5, 0.6) is 17.2 Å². The maximum atomic E-state index is 12.9. The molecular weight excluding hydrogens is 379 g/mol. The van der Waals surface area contributed by atoms with Gasteiger partial charge in [-0.1, -0.05) is 12.1 Å². The molecule has 0 bridgehead atoms. The third-order valence-electron chi connectivity index (χ3n) is 4.29. The van der Waals surface area contributed by atoms with Crippen LogP contribution in [0.15, 0.2) is 53.9 Å². The normalized spacial score (nSPS) is 15.6. The number of hydrogen-bond donors (Lipinski definition) is 0. The first-order chi connectivity index (χ1) is 13.7. The summed E-state index contributed by atoms with van der Waals surface area (Å²) in [5.74, 6) is 1.94. The molecule has 0 saturated carbocycles. The lowest BCUT2D eigenvalue weighted by Crippen LogP contribution is -2.39. The van der Waals surface area contributed by atoms with Gasteiger partial charge in [-0.15, -0.1) is 11.3 Å². The Balaban J connectivity index is 1.26. The summed E-state index contributed by atoms with van der Waals surface area (Å²) in [5, 5.41) is 2.92. The number of benzene rings is 2. The fraction of sp³-hybridized carbons (Fsp3) is 0.286. The Bertz CT molecular complexity index is 916. The van der Waals surface area contributed by atoms with Crippen molar-refractivity contribution in [1.29, 1.82) is 0 Å². The summed E-state index contributed by atoms with van der Waals surface area (Å²) in [5.41, 5.74) is 0.988. The fourth-order valence-electron chi connectivity index (χ4n) is 3.01. The Kier molecular flexibility index (Phi) is 5.73. The smallest absolute Gasteiger partial charge is 0.161 e. The van der Waals surface area contributed by atoms with Crippen molar-refractivity contribution >= 4 is 11.3 Å². The molecule has 0 fully saturated rings. The molecule has 1 aliphatic rings. The van der Waals surface area contributed by atoms with Crippen LogP contribution in [0.1, 0.15) is 10.7 Å². The van der Waals surface area contributed by atoms with Crippen LogP contribution in [0, 0.1) is 5.82 Å². The van der Waals surface area contributed by atoms with Crippen LogP contribution >= 0.6 is 11.3 Å². The first kappa shape index (κ1) is 18.7. The Labute approximate surface area is 167 Å². The number of rotatable bonds is 7. The van der Waals surface area contributed by atoms with E-state index in [0.29, 0.717) is 25.5 Å². The molecule has 1 aromatic heterocycles. The molecule has 0 saturated heterocycles. The summed E-state index contributed by atoms with van der Waals surface area (Å²) < 4.78 is 30.4. The van der Waals surface area contributed by atoms with Crippen LogP contribution in [0.25, 0.3) is 0 Å². The van der Waals surface area contributed by atoms with Gasteiger partial charge in [0, 0.05) is 18.5 Å². The van der Waals surface area contributed by atoms with Crippen molar-refractivity contribution in [2.24, 2.45) is 0 Å². The van der Waals surface area contributed by atoms with Gasteiger partial charge in [-0.3, -0.25) is 4.90 Å². The van der Waals surface area contributed by atoms with Gasteiger partial charge in [0.15, 0.2) is 11.5 Å². The summed E-state index contributed by atoms with van der Waals surface area (Å²) in [7, 11) is 2.04. The zero-order valence-electron chi connectivity index (χ0n) is 15.5. The Hall–Kier alpha value is -2.64. The van der Waals surface area contributed by atoms with Crippen molar-refractivity contribution in [1.82, 2.24) is 9.88 Å². The van der Waals surface area contributed by atoms with Gasteiger partial charge in [-0.2, -0.15) is 0 Å². The van der Waals surface area contributed by atoms with E-state index in [1.165, 1.54) is 12.1 Å². The standard InChI is InChI=1S/C21H21FN2O3S/c1-24(11-18-12-26-19-4-2-3-5-20(19)27-18)10-16-14-28-21(23-16)13-25-17-8-6-15(22)7-9-17/h2-9,14,18H,10-13H2,1H3/t18-/m0/s1. The molecule has 146 valence electrons. The highest BCUT2D eigenvalue weighted by molar-refractivity contribution is 7.09. The summed E-state index contributed by atoms with van der Waals surface area (Å²) in [6.07, 6.45) is -0.0141. The van der Waals surface area contributed by atoms with E-state index in [2.05, 4.69) is 9.88 Å². The molecule has 0 spiro atoms. The molecule has 0 amide bonds. The second-order valence-electron chi connectivity index (χ2n) is 6.67. The van der Waals surface area contributed by atoms with Gasteiger partial charge in [0.1, 0.15) is 35.9 Å². The lowest BCUT2D eigenvalue weighted by atomic mass is 10.2. The average Bonchev–Trinajstić information content (AvgIpc) is 3.14. The predicted molar refractivity (Wildman–Crippen MR) is 106 cm³/mol. The molecule has 7 heteroatoms. The van der Waals surface area contributed by atoms with E-state index < -0.39 is 0 Å². The molecule has 2 aromatic carbocycles. The van der Waals surface area contributed by atoms with Gasteiger partial charge < -0.3 is 14.2 Å². The van der Waals surface area contributed by atoms with Crippen molar-refractivity contribution < 1.29 is 18.6 Å². The zero-order chi connectivity index (χ0) is 19.3. The summed E-state index contributed by atoms with van der Waals surface area (Å²) >= 11 is 1.56. The van der Waals surface area contributed by atoms with Crippen LogP contribution in [0.2, 0.25) is 0 Å². The third-order valence-corrected chi connectivity index (χ3v) is 5.16. The predicted octanol–water partition coefficient (Wildman–Crippen LogP) is 4.13. The van der Waals surface area contributed by atoms with Crippen molar-refractivity contribution in [2.45, 2.75) is 19.3 Å². The molecule has 3 aromatic rings. The third kappa shape index (κ3) is 4.79. The summed E-state index contributed by atoms with van der Waals surface area (Å²) in [6.45, 7) is 2.37. The molecule has 4 rings (SSSR count). The molecule has 28 heavy (non-hydrogen) atoms. The van der Waals surface area contributed by atoms with Crippen molar-refractivity contribution in [2.75, 3.05) is 20.2 Å². The highest BCUT2D eigenvalue weighted by atomic mass is 32.1. The Morgan fingerprint density at radius 2 is 1.96 bits per heavy atom. The molecule has 0 unspecified atom stereocenters. The average molecular weight is 400 g/mol. The monoisotopic (exact) mass is 400 g/mol. The molecule has 0 aliphatic carbocycles. The first-order valence-corrected chi connectivity index (χ1v) is 9.92. The number of fused-ring (bicyclic) bond motifs is 1. The van der Waals surface area contributed by atoms with Gasteiger partial charge in [0.25, 0.3) is 0 Å². The summed E-state index contributed by atoms with van der Waals surface area (Å²) in [4.78, 5) is 6.79. The molecule has 1 aliphatic heterocycles. The maximum Gasteiger partial charge on any atom is 0.161 e. The molecule has 0 radical (unpaired) electrons. The lowest BCUT2D eigenvalue weighted by molar-refractivity contribution is 0.0635. The van der Waals surface area contributed by atoms with E-state index in [1.54, 1.807) is 23.5 Å². The maximum absolute atomic E-state index is 12.9. The number of hydrogen-bond acceptors (Lipinski definition) is 6. The minimum absolute atomic E-state index is 0.0141. The van der Waals surface area contributed by atoms with Crippen LogP contribution in [-0.2, 0) is 13.2 Å². The van der Waals surface area contributed by atoms with E-state index in [4.69, 9.17) is 14.2 Å². The van der Waals surface area contributed by atoms with Gasteiger partial charge in [0.2, 0.25) is 0 Å². The van der Waals surface area contributed by atoms with Crippen LogP contribution in [0.3, 0.4) is 0 Å². The number of aromatic nitrogens is 1. The van der Waals surface area contributed by atoms with E-state index >= 15 is 0 Å². The van der Waals surface area contributed by atoms with Gasteiger partial charge >= 0.3 is 0 Å². The van der Waals surface area contributed by atoms with Gasteiger partial charge in [-0.25, -0.2) is 9.37 Å². The molecular formula is C21H21FN2O3S. The van der Waals surface area contributed by atoms with E-state index in [-0.39, 0.29) is 11.9 Å². The summed E-state index contributed by atoms with van der Waals surface area (Å²) in [6, 6.07) is 13.7. The van der Waals surface area contributed by atoms with Crippen LogP contribution in [-0.4, -0.2) is 36.2 Å². The molecule has 0 N–H and O–H groups in total. The SMILES string of the molecule is CN(Cc1csc(COc2ccc(F)cc2)n1)C[C@H]1COc2ccccc2O1. The molecule has 1 atom stereocenters. The first-order valence-electron chi connectivity index (χ1n) is 9.04. The number of para-hydroxylation sites is 2. The molecule has 5 nitrogen and oxygen atoms in total. The second-order valence-corrected chi connectivity index (χ2v) is 7.61. The number of halogens is 1. The topological polar surface area (TPSA) is 43.8 Å². The second kappa shape index (κ2) is 8.58. The number of ether oxygens (including phenoxy) is 3. The Morgan fingerprint density at radius 3 is 2.79 bits per heavy atom. The van der Waals surface area contributed by atoms with Crippen molar-refractivity contribution in [3.05, 3.63) is 70.4 Å². The van der Waals surface area contributed by atoms with Crippen LogP contribution in [0.4, 0.5) is 4.39 Å². The molecule has 2 heterocycles. The fourth-order valence-corrected chi connectivity index (χ4v) is 3.70. The van der Waals surface area contributed by atoms with Crippen molar-refractivity contribution in [3.63, 3.8) is 0 Å². The number of nitrogens with zero attached hydrogens (tertiary/aromatic N) is 2. The van der Waals surface area contributed by atoms with Crippen LogP contribution < -0.4 is 14.2 Å². The van der Waals surface area contributed by atoms with E-state index in [9.17, 15) is 4.39 Å². The van der Waals surface area contributed by atoms with Gasteiger partial charge in [0.05, 0.1) is 5.69 Å². The van der Waals surface area contributed by atoms with E-state index in [1.807, 2.05) is 36.7 Å². The lowest BCUT2D eigenvalue weighted by Gasteiger charge is -2.29.